The van der Waals surface area contributed by atoms with Gasteiger partial charge in [0.15, 0.2) is 0 Å². The second kappa shape index (κ2) is 4.40. The second-order valence-electron chi connectivity index (χ2n) is 5.16. The van der Waals surface area contributed by atoms with Crippen molar-refractivity contribution in [1.82, 2.24) is 4.98 Å². The SMILES string of the molecule is COc1ccc2c(c1)CCN1c3cccnc3OCC21. The molecular formula is C16H16N2O2. The molecule has 0 spiro atoms. The van der Waals surface area contributed by atoms with Gasteiger partial charge >= 0.3 is 0 Å². The molecule has 0 bridgehead atoms. The summed E-state index contributed by atoms with van der Waals surface area (Å²) in [6, 6.07) is 10.7. The van der Waals surface area contributed by atoms with Crippen molar-refractivity contribution >= 4 is 5.69 Å². The van der Waals surface area contributed by atoms with Gasteiger partial charge in [-0.05, 0) is 41.8 Å². The molecule has 1 unspecified atom stereocenters. The monoisotopic (exact) mass is 268 g/mol. The van der Waals surface area contributed by atoms with Crippen LogP contribution in [0.1, 0.15) is 17.2 Å². The third kappa shape index (κ3) is 1.64. The molecule has 0 radical (unpaired) electrons. The Kier molecular flexibility index (Phi) is 2.55. The van der Waals surface area contributed by atoms with E-state index in [0.29, 0.717) is 6.61 Å². The van der Waals surface area contributed by atoms with Gasteiger partial charge in [0.25, 0.3) is 0 Å². The number of benzene rings is 1. The zero-order valence-electron chi connectivity index (χ0n) is 11.4. The van der Waals surface area contributed by atoms with Crippen LogP contribution in [0.2, 0.25) is 0 Å². The maximum atomic E-state index is 5.82. The Morgan fingerprint density at radius 3 is 3.20 bits per heavy atom. The van der Waals surface area contributed by atoms with E-state index >= 15 is 0 Å². The van der Waals surface area contributed by atoms with Crippen LogP contribution in [-0.2, 0) is 6.42 Å². The lowest BCUT2D eigenvalue weighted by molar-refractivity contribution is 0.249. The normalized spacial score (nSPS) is 19.4. The lowest BCUT2D eigenvalue weighted by atomic mass is 9.91. The van der Waals surface area contributed by atoms with Crippen molar-refractivity contribution in [2.75, 3.05) is 25.2 Å². The topological polar surface area (TPSA) is 34.6 Å². The predicted octanol–water partition coefficient (Wildman–Crippen LogP) is 2.59. The average Bonchev–Trinajstić information content (AvgIpc) is 2.53. The van der Waals surface area contributed by atoms with Crippen LogP contribution in [0, 0.1) is 0 Å². The largest absolute Gasteiger partial charge is 0.497 e. The van der Waals surface area contributed by atoms with Crippen LogP contribution in [0.5, 0.6) is 11.6 Å². The van der Waals surface area contributed by atoms with Gasteiger partial charge in [-0.2, -0.15) is 0 Å². The summed E-state index contributed by atoms with van der Waals surface area (Å²) < 4.78 is 11.1. The van der Waals surface area contributed by atoms with Gasteiger partial charge in [0.2, 0.25) is 5.88 Å². The number of hydrogen-bond donors (Lipinski definition) is 0. The molecule has 2 aromatic rings. The summed E-state index contributed by atoms with van der Waals surface area (Å²) in [5, 5.41) is 0. The molecule has 2 aliphatic heterocycles. The Morgan fingerprint density at radius 2 is 2.30 bits per heavy atom. The Bertz CT molecular complexity index is 657. The van der Waals surface area contributed by atoms with Crippen molar-refractivity contribution in [3.05, 3.63) is 47.7 Å². The molecule has 1 aromatic carbocycles. The van der Waals surface area contributed by atoms with Crippen LogP contribution in [0.4, 0.5) is 5.69 Å². The highest BCUT2D eigenvalue weighted by molar-refractivity contribution is 5.60. The lowest BCUT2D eigenvalue weighted by Crippen LogP contribution is -2.41. The molecule has 0 amide bonds. The van der Waals surface area contributed by atoms with Crippen molar-refractivity contribution in [1.29, 1.82) is 0 Å². The molecule has 4 nitrogen and oxygen atoms in total. The Morgan fingerprint density at radius 1 is 1.35 bits per heavy atom. The molecule has 20 heavy (non-hydrogen) atoms. The predicted molar refractivity (Wildman–Crippen MR) is 76.5 cm³/mol. The number of pyridine rings is 1. The highest BCUT2D eigenvalue weighted by Gasteiger charge is 2.33. The Labute approximate surface area is 118 Å². The summed E-state index contributed by atoms with van der Waals surface area (Å²) in [5.74, 6) is 1.68. The molecule has 4 rings (SSSR count). The third-order valence-corrected chi connectivity index (χ3v) is 4.15. The number of anilines is 1. The minimum Gasteiger partial charge on any atom is -0.497 e. The Balaban J connectivity index is 1.77. The smallest absolute Gasteiger partial charge is 0.237 e. The van der Waals surface area contributed by atoms with E-state index in [2.05, 4.69) is 28.1 Å². The molecule has 3 heterocycles. The van der Waals surface area contributed by atoms with E-state index in [-0.39, 0.29) is 6.04 Å². The summed E-state index contributed by atoms with van der Waals surface area (Å²) in [5.41, 5.74) is 3.80. The maximum absolute atomic E-state index is 5.82. The third-order valence-electron chi connectivity index (χ3n) is 4.15. The van der Waals surface area contributed by atoms with Crippen LogP contribution in [0.25, 0.3) is 0 Å². The molecule has 0 saturated heterocycles. The van der Waals surface area contributed by atoms with Crippen LogP contribution >= 0.6 is 0 Å². The highest BCUT2D eigenvalue weighted by atomic mass is 16.5. The van der Waals surface area contributed by atoms with Gasteiger partial charge in [-0.25, -0.2) is 4.98 Å². The Hall–Kier alpha value is -2.23. The first-order chi connectivity index (χ1) is 9.86. The molecule has 1 aromatic heterocycles. The van der Waals surface area contributed by atoms with Gasteiger partial charge in [0.1, 0.15) is 18.0 Å². The quantitative estimate of drug-likeness (QED) is 0.796. The minimum atomic E-state index is 0.279. The fourth-order valence-corrected chi connectivity index (χ4v) is 3.15. The molecule has 0 aliphatic carbocycles. The summed E-state index contributed by atoms with van der Waals surface area (Å²) in [7, 11) is 1.71. The van der Waals surface area contributed by atoms with E-state index in [0.717, 1.165) is 30.3 Å². The van der Waals surface area contributed by atoms with Gasteiger partial charge in [0, 0.05) is 12.7 Å². The number of ether oxygens (including phenoxy) is 2. The molecule has 0 N–H and O–H groups in total. The van der Waals surface area contributed by atoms with Crippen LogP contribution < -0.4 is 14.4 Å². The number of aromatic nitrogens is 1. The van der Waals surface area contributed by atoms with Gasteiger partial charge in [-0.15, -0.1) is 0 Å². The fourth-order valence-electron chi connectivity index (χ4n) is 3.15. The summed E-state index contributed by atoms with van der Waals surface area (Å²) in [6.45, 7) is 1.65. The van der Waals surface area contributed by atoms with Gasteiger partial charge < -0.3 is 14.4 Å². The van der Waals surface area contributed by atoms with Crippen LogP contribution in [0.3, 0.4) is 0 Å². The molecule has 0 saturated carbocycles. The van der Waals surface area contributed by atoms with E-state index in [4.69, 9.17) is 9.47 Å². The van der Waals surface area contributed by atoms with Gasteiger partial charge in [-0.1, -0.05) is 6.07 Å². The number of methoxy groups -OCH3 is 1. The van der Waals surface area contributed by atoms with E-state index in [1.165, 1.54) is 11.1 Å². The van der Waals surface area contributed by atoms with Crippen molar-refractivity contribution < 1.29 is 9.47 Å². The van der Waals surface area contributed by atoms with Crippen LogP contribution in [0.15, 0.2) is 36.5 Å². The highest BCUT2D eigenvalue weighted by Crippen LogP contribution is 2.41. The lowest BCUT2D eigenvalue weighted by Gasteiger charge is -2.42. The first kappa shape index (κ1) is 11.6. The molecular weight excluding hydrogens is 252 g/mol. The molecule has 2 aliphatic rings. The van der Waals surface area contributed by atoms with E-state index in [9.17, 15) is 0 Å². The molecule has 102 valence electrons. The first-order valence-corrected chi connectivity index (χ1v) is 6.88. The van der Waals surface area contributed by atoms with Crippen molar-refractivity contribution in [2.24, 2.45) is 0 Å². The number of fused-ring (bicyclic) bond motifs is 5. The minimum absolute atomic E-state index is 0.279. The van der Waals surface area contributed by atoms with Crippen molar-refractivity contribution in [2.45, 2.75) is 12.5 Å². The first-order valence-electron chi connectivity index (χ1n) is 6.88. The van der Waals surface area contributed by atoms with Crippen molar-refractivity contribution in [3.8, 4) is 11.6 Å². The maximum Gasteiger partial charge on any atom is 0.237 e. The van der Waals surface area contributed by atoms with E-state index in [1.54, 1.807) is 13.3 Å². The second-order valence-corrected chi connectivity index (χ2v) is 5.16. The van der Waals surface area contributed by atoms with Gasteiger partial charge in [-0.3, -0.25) is 0 Å². The molecule has 4 heteroatoms. The molecule has 1 atom stereocenters. The number of nitrogens with zero attached hydrogens (tertiary/aromatic N) is 2. The average molecular weight is 268 g/mol. The number of rotatable bonds is 1. The molecule has 0 fully saturated rings. The zero-order valence-corrected chi connectivity index (χ0v) is 11.4. The van der Waals surface area contributed by atoms with E-state index in [1.807, 2.05) is 12.1 Å². The van der Waals surface area contributed by atoms with Gasteiger partial charge in [0.05, 0.1) is 13.2 Å². The summed E-state index contributed by atoms with van der Waals surface area (Å²) in [4.78, 5) is 6.71. The summed E-state index contributed by atoms with van der Waals surface area (Å²) in [6.07, 6.45) is 2.80. The van der Waals surface area contributed by atoms with E-state index < -0.39 is 0 Å². The summed E-state index contributed by atoms with van der Waals surface area (Å²) >= 11 is 0. The zero-order chi connectivity index (χ0) is 13.5. The standard InChI is InChI=1S/C16H16N2O2/c1-19-12-4-5-13-11(9-12)6-8-18-14-3-2-7-17-16(14)20-10-15(13)18/h2-5,7,9,15H,6,8,10H2,1H3. The van der Waals surface area contributed by atoms with Crippen LogP contribution in [-0.4, -0.2) is 25.2 Å². The number of hydrogen-bond acceptors (Lipinski definition) is 4. The fraction of sp³-hybridized carbons (Fsp3) is 0.312. The van der Waals surface area contributed by atoms with Crippen molar-refractivity contribution in [3.63, 3.8) is 0 Å².